The van der Waals surface area contributed by atoms with Gasteiger partial charge in [0.25, 0.3) is 0 Å². The minimum atomic E-state index is 0.530. The molecule has 5 rings (SSSR count). The predicted octanol–water partition coefficient (Wildman–Crippen LogP) is 4.78. The van der Waals surface area contributed by atoms with Gasteiger partial charge in [0.05, 0.1) is 56.9 Å². The van der Waals surface area contributed by atoms with Crippen LogP contribution in [0.4, 0.5) is 11.4 Å². The van der Waals surface area contributed by atoms with Crippen molar-refractivity contribution in [3.05, 3.63) is 59.9 Å². The second kappa shape index (κ2) is 6.27. The van der Waals surface area contributed by atoms with Crippen LogP contribution in [-0.2, 0) is 0 Å². The summed E-state index contributed by atoms with van der Waals surface area (Å²) >= 11 is 0. The molecule has 0 amide bonds. The van der Waals surface area contributed by atoms with Gasteiger partial charge in [-0.3, -0.25) is 0 Å². The normalized spacial score (nSPS) is 11.4. The van der Waals surface area contributed by atoms with E-state index in [0.717, 1.165) is 56.9 Å². The number of rotatable bonds is 4. The minimum absolute atomic E-state index is 0.530. The summed E-state index contributed by atoms with van der Waals surface area (Å²) in [7, 11) is 0. The highest BCUT2D eigenvalue weighted by Gasteiger charge is 2.18. The van der Waals surface area contributed by atoms with Gasteiger partial charge < -0.3 is 36.4 Å². The van der Waals surface area contributed by atoms with Crippen molar-refractivity contribution < 1.29 is 0 Å². The Morgan fingerprint density at radius 1 is 0.448 bits per heavy atom. The second-order valence-electron chi connectivity index (χ2n) is 7.38. The third kappa shape index (κ3) is 2.84. The van der Waals surface area contributed by atoms with E-state index in [1.54, 1.807) is 0 Å². The predicted molar refractivity (Wildman–Crippen MR) is 118 cm³/mol. The molecule has 0 atom stereocenters. The molecule has 7 nitrogen and oxygen atoms in total. The lowest BCUT2D eigenvalue weighted by Gasteiger charge is -1.98. The van der Waals surface area contributed by atoms with Crippen molar-refractivity contribution in [2.45, 2.75) is 13.8 Å². The van der Waals surface area contributed by atoms with Crippen molar-refractivity contribution in [3.63, 3.8) is 0 Å². The molecule has 0 saturated heterocycles. The van der Waals surface area contributed by atoms with E-state index in [0.29, 0.717) is 11.4 Å². The van der Waals surface area contributed by atoms with Crippen molar-refractivity contribution in [1.82, 2.24) is 24.9 Å². The van der Waals surface area contributed by atoms with Gasteiger partial charge in [-0.15, -0.1) is 0 Å². The molecule has 0 aliphatic heterocycles. The van der Waals surface area contributed by atoms with Gasteiger partial charge in [0.15, 0.2) is 0 Å². The van der Waals surface area contributed by atoms with E-state index in [2.05, 4.69) is 24.9 Å². The van der Waals surface area contributed by atoms with Crippen molar-refractivity contribution in [2.24, 2.45) is 0 Å². The van der Waals surface area contributed by atoms with Gasteiger partial charge >= 0.3 is 0 Å². The van der Waals surface area contributed by atoms with Gasteiger partial charge in [0.1, 0.15) is 0 Å². The van der Waals surface area contributed by atoms with Gasteiger partial charge in [-0.2, -0.15) is 0 Å². The Morgan fingerprint density at radius 2 is 0.793 bits per heavy atom. The molecule has 0 bridgehead atoms. The maximum atomic E-state index is 6.34. The van der Waals surface area contributed by atoms with Crippen LogP contribution in [0.2, 0.25) is 0 Å². The van der Waals surface area contributed by atoms with Crippen LogP contribution in [0, 0.1) is 13.8 Å². The quantitative estimate of drug-likeness (QED) is 0.240. The van der Waals surface area contributed by atoms with Crippen LogP contribution >= 0.6 is 0 Å². The first-order chi connectivity index (χ1) is 14.0. The smallest absolute Gasteiger partial charge is 0.0880 e. The minimum Gasteiger partial charge on any atom is -0.395 e. The lowest BCUT2D eigenvalue weighted by atomic mass is 10.2. The van der Waals surface area contributed by atoms with E-state index in [4.69, 9.17) is 11.5 Å². The van der Waals surface area contributed by atoms with Gasteiger partial charge in [0.2, 0.25) is 0 Å². The number of aryl methyl sites for hydroxylation is 2. The Hall–Kier alpha value is -4.00. The molecule has 146 valence electrons. The highest BCUT2D eigenvalue weighted by molar-refractivity contribution is 5.92. The molecule has 0 aliphatic rings. The zero-order valence-corrected chi connectivity index (χ0v) is 16.3. The molecule has 0 aromatic carbocycles. The topological polar surface area (TPSA) is 131 Å². The number of H-pyrrole nitrogens is 5. The van der Waals surface area contributed by atoms with E-state index < -0.39 is 0 Å². The van der Waals surface area contributed by atoms with Crippen LogP contribution in [0.15, 0.2) is 48.5 Å². The van der Waals surface area contributed by atoms with Crippen LogP contribution in [-0.4, -0.2) is 24.9 Å². The summed E-state index contributed by atoms with van der Waals surface area (Å²) in [6, 6.07) is 16.2. The Labute approximate surface area is 167 Å². The van der Waals surface area contributed by atoms with Crippen LogP contribution < -0.4 is 11.5 Å². The lowest BCUT2D eigenvalue weighted by molar-refractivity contribution is 1.24. The molecule has 5 heterocycles. The SMILES string of the molecule is Cc1ccc(-c2ccc(-c3[nH]c(-c4ccc(-c5ccc(C)[nH]5)[nH]4)c(N)c3N)[nH]2)[nH]1. The van der Waals surface area contributed by atoms with E-state index in [9.17, 15) is 0 Å². The number of aromatic amines is 5. The zero-order valence-electron chi connectivity index (χ0n) is 16.3. The van der Waals surface area contributed by atoms with E-state index >= 15 is 0 Å². The number of hydrogen-bond acceptors (Lipinski definition) is 2. The number of nitrogens with one attached hydrogen (secondary N) is 5. The van der Waals surface area contributed by atoms with E-state index in [-0.39, 0.29) is 0 Å². The first-order valence-corrected chi connectivity index (χ1v) is 9.47. The van der Waals surface area contributed by atoms with Crippen molar-refractivity contribution in [2.75, 3.05) is 11.5 Å². The number of hydrogen-bond donors (Lipinski definition) is 7. The maximum absolute atomic E-state index is 6.34. The molecule has 0 spiro atoms. The van der Waals surface area contributed by atoms with Crippen molar-refractivity contribution in [3.8, 4) is 45.6 Å². The fraction of sp³-hybridized carbons (Fsp3) is 0.0909. The van der Waals surface area contributed by atoms with Crippen LogP contribution in [0.3, 0.4) is 0 Å². The number of anilines is 2. The molecule has 5 aromatic heterocycles. The fourth-order valence-corrected chi connectivity index (χ4v) is 3.67. The van der Waals surface area contributed by atoms with Crippen LogP contribution in [0.1, 0.15) is 11.4 Å². The summed E-state index contributed by atoms with van der Waals surface area (Å²) in [5.74, 6) is 0. The largest absolute Gasteiger partial charge is 0.395 e. The number of nitrogens with two attached hydrogens (primary N) is 2. The van der Waals surface area contributed by atoms with Gasteiger partial charge in [-0.05, 0) is 62.4 Å². The molecular formula is C22H23N7. The lowest BCUT2D eigenvalue weighted by Crippen LogP contribution is -1.93. The third-order valence-electron chi connectivity index (χ3n) is 5.23. The summed E-state index contributed by atoms with van der Waals surface area (Å²) in [5.41, 5.74) is 23.3. The number of aromatic nitrogens is 5. The van der Waals surface area contributed by atoms with Gasteiger partial charge in [-0.1, -0.05) is 0 Å². The molecule has 29 heavy (non-hydrogen) atoms. The first kappa shape index (κ1) is 17.1. The Kier molecular flexibility index (Phi) is 3.70. The molecule has 0 fully saturated rings. The molecule has 7 heteroatoms. The summed E-state index contributed by atoms with van der Waals surface area (Å²) in [4.78, 5) is 16.9. The van der Waals surface area contributed by atoms with Crippen molar-refractivity contribution >= 4 is 11.4 Å². The Balaban J connectivity index is 1.51. The molecule has 0 saturated carbocycles. The van der Waals surface area contributed by atoms with Gasteiger partial charge in [-0.25, -0.2) is 0 Å². The molecule has 9 N–H and O–H groups in total. The molecule has 0 unspecified atom stereocenters. The molecule has 5 aromatic rings. The van der Waals surface area contributed by atoms with Crippen LogP contribution in [0.5, 0.6) is 0 Å². The number of nitrogen functional groups attached to an aromatic ring is 2. The summed E-state index contributed by atoms with van der Waals surface area (Å²) in [6.07, 6.45) is 0. The van der Waals surface area contributed by atoms with Crippen molar-refractivity contribution in [1.29, 1.82) is 0 Å². The summed E-state index contributed by atoms with van der Waals surface area (Å²) in [6.45, 7) is 4.06. The monoisotopic (exact) mass is 385 g/mol. The molecule has 0 aliphatic carbocycles. The Morgan fingerprint density at radius 3 is 1.17 bits per heavy atom. The van der Waals surface area contributed by atoms with Crippen LogP contribution in [0.25, 0.3) is 45.6 Å². The highest BCUT2D eigenvalue weighted by Crippen LogP contribution is 2.38. The van der Waals surface area contributed by atoms with E-state index in [1.807, 2.05) is 62.4 Å². The second-order valence-corrected chi connectivity index (χ2v) is 7.38. The summed E-state index contributed by atoms with van der Waals surface area (Å²) in [5, 5.41) is 0. The molecular weight excluding hydrogens is 362 g/mol. The summed E-state index contributed by atoms with van der Waals surface area (Å²) < 4.78 is 0. The molecule has 0 radical (unpaired) electrons. The third-order valence-corrected chi connectivity index (χ3v) is 5.23. The average molecular weight is 385 g/mol. The van der Waals surface area contributed by atoms with Gasteiger partial charge in [0, 0.05) is 11.4 Å². The zero-order chi connectivity index (χ0) is 20.1. The van der Waals surface area contributed by atoms with E-state index in [1.165, 1.54) is 0 Å². The fourth-order valence-electron chi connectivity index (χ4n) is 3.67. The maximum Gasteiger partial charge on any atom is 0.0880 e. The first-order valence-electron chi connectivity index (χ1n) is 9.47. The Bertz CT molecular complexity index is 1210. The highest BCUT2D eigenvalue weighted by atomic mass is 14.9. The standard InChI is InChI=1S/C22H23N7/c1-11-3-5-13(25-11)15-7-9-17(27-15)21-19(23)20(24)22(29-21)18-10-8-16(28-18)14-6-4-12(2)26-14/h3-10,25-29H,23-24H2,1-2H3. The average Bonchev–Trinajstić information content (AvgIpc) is 3.48.